The summed E-state index contributed by atoms with van der Waals surface area (Å²) in [6.45, 7) is 3.80. The topological polar surface area (TPSA) is 113 Å². The van der Waals surface area contributed by atoms with Crippen molar-refractivity contribution in [1.82, 2.24) is 15.3 Å². The molecule has 2 rings (SSSR count). The molecule has 2 aromatic rings. The van der Waals surface area contributed by atoms with Gasteiger partial charge in [0.25, 0.3) is 5.91 Å². The molecule has 8 heteroatoms. The first kappa shape index (κ1) is 18.0. The highest BCUT2D eigenvalue weighted by Crippen LogP contribution is 2.32. The number of carbonyl (C=O) groups excluding carboxylic acids is 1. The maximum Gasteiger partial charge on any atom is 0.256 e. The van der Waals surface area contributed by atoms with Gasteiger partial charge in [-0.15, -0.1) is 0 Å². The Morgan fingerprint density at radius 1 is 1.42 bits per heavy atom. The second-order valence-electron chi connectivity index (χ2n) is 5.93. The van der Waals surface area contributed by atoms with E-state index in [-0.39, 0.29) is 29.8 Å². The highest BCUT2D eigenvalue weighted by atomic mass is 35.5. The average molecular weight is 350 g/mol. The number of benzene rings is 1. The third-order valence-electron chi connectivity index (χ3n) is 3.64. The van der Waals surface area contributed by atoms with E-state index >= 15 is 0 Å². The van der Waals surface area contributed by atoms with Crippen molar-refractivity contribution in [2.75, 3.05) is 24.7 Å². The summed E-state index contributed by atoms with van der Waals surface area (Å²) < 4.78 is 0. The summed E-state index contributed by atoms with van der Waals surface area (Å²) in [7, 11) is 1.51. The monoisotopic (exact) mass is 349 g/mol. The Morgan fingerprint density at radius 3 is 2.67 bits per heavy atom. The Kier molecular flexibility index (Phi) is 5.26. The zero-order valence-corrected chi connectivity index (χ0v) is 14.5. The molecule has 0 fully saturated rings. The first-order chi connectivity index (χ1) is 11.3. The summed E-state index contributed by atoms with van der Waals surface area (Å²) in [6.07, 6.45) is 1.36. The molecule has 0 saturated carbocycles. The van der Waals surface area contributed by atoms with E-state index < -0.39 is 5.41 Å². The zero-order valence-electron chi connectivity index (χ0n) is 13.7. The minimum Gasteiger partial charge on any atom is -0.395 e. The fourth-order valence-corrected chi connectivity index (χ4v) is 2.56. The van der Waals surface area contributed by atoms with Gasteiger partial charge in [0, 0.05) is 29.4 Å². The Balaban J connectivity index is 2.25. The molecule has 0 aliphatic heterocycles. The fraction of sp³-hybridized carbons (Fsp3) is 0.312. The maximum atomic E-state index is 11.6. The van der Waals surface area contributed by atoms with E-state index in [9.17, 15) is 9.90 Å². The van der Waals surface area contributed by atoms with Crippen LogP contribution in [0.5, 0.6) is 0 Å². The number of halogens is 1. The molecule has 0 saturated heterocycles. The molecule has 0 aliphatic rings. The third kappa shape index (κ3) is 3.74. The maximum absolute atomic E-state index is 11.6. The molecule has 0 spiro atoms. The van der Waals surface area contributed by atoms with Crippen LogP contribution in [-0.2, 0) is 5.41 Å². The molecule has 0 radical (unpaired) electrons. The van der Waals surface area contributed by atoms with Gasteiger partial charge in [-0.1, -0.05) is 31.5 Å². The molecule has 0 atom stereocenters. The van der Waals surface area contributed by atoms with Crippen LogP contribution >= 0.6 is 11.6 Å². The van der Waals surface area contributed by atoms with E-state index in [0.717, 1.165) is 5.56 Å². The lowest BCUT2D eigenvalue weighted by atomic mass is 9.85. The van der Waals surface area contributed by atoms with Gasteiger partial charge in [-0.05, 0) is 17.7 Å². The van der Waals surface area contributed by atoms with Crippen LogP contribution in [0.4, 0.5) is 17.5 Å². The predicted molar refractivity (Wildman–Crippen MR) is 94.7 cm³/mol. The number of hydrogen-bond acceptors (Lipinski definition) is 6. The summed E-state index contributed by atoms with van der Waals surface area (Å²) >= 11 is 6.31. The largest absolute Gasteiger partial charge is 0.395 e. The van der Waals surface area contributed by atoms with E-state index in [1.807, 2.05) is 26.0 Å². The van der Waals surface area contributed by atoms with Crippen LogP contribution in [0.3, 0.4) is 0 Å². The van der Waals surface area contributed by atoms with Crippen LogP contribution < -0.4 is 16.4 Å². The fourth-order valence-electron chi connectivity index (χ4n) is 2.12. The summed E-state index contributed by atoms with van der Waals surface area (Å²) in [6, 6.07) is 5.37. The average Bonchev–Trinajstić information content (AvgIpc) is 2.54. The van der Waals surface area contributed by atoms with Gasteiger partial charge >= 0.3 is 0 Å². The first-order valence-electron chi connectivity index (χ1n) is 7.31. The summed E-state index contributed by atoms with van der Waals surface area (Å²) in [5, 5.41) is 15.4. The highest BCUT2D eigenvalue weighted by Gasteiger charge is 2.22. The lowest BCUT2D eigenvalue weighted by molar-refractivity contribution is 0.0963. The van der Waals surface area contributed by atoms with Gasteiger partial charge in [0.2, 0.25) is 5.95 Å². The van der Waals surface area contributed by atoms with Crippen molar-refractivity contribution in [3.63, 3.8) is 0 Å². The molecule has 7 nitrogen and oxygen atoms in total. The zero-order chi connectivity index (χ0) is 17.9. The molecule has 24 heavy (non-hydrogen) atoms. The van der Waals surface area contributed by atoms with Crippen molar-refractivity contribution in [3.05, 3.63) is 40.5 Å². The van der Waals surface area contributed by atoms with Crippen LogP contribution in [0.15, 0.2) is 24.4 Å². The number of aliphatic hydroxyl groups excluding tert-OH is 1. The molecular weight excluding hydrogens is 330 g/mol. The number of aliphatic hydroxyl groups is 1. The summed E-state index contributed by atoms with van der Waals surface area (Å²) in [5.41, 5.74) is 7.06. The lowest BCUT2D eigenvalue weighted by Crippen LogP contribution is -2.22. The second kappa shape index (κ2) is 7.02. The van der Waals surface area contributed by atoms with Gasteiger partial charge < -0.3 is 21.5 Å². The van der Waals surface area contributed by atoms with Crippen molar-refractivity contribution < 1.29 is 9.90 Å². The van der Waals surface area contributed by atoms with Crippen molar-refractivity contribution in [1.29, 1.82) is 0 Å². The quantitative estimate of drug-likeness (QED) is 0.657. The number of nitrogen functional groups attached to an aromatic ring is 1. The molecule has 5 N–H and O–H groups in total. The minimum absolute atomic E-state index is 0.0138. The van der Waals surface area contributed by atoms with Crippen LogP contribution in [0.25, 0.3) is 0 Å². The molecular formula is C16H20ClN5O2. The molecule has 128 valence electrons. The van der Waals surface area contributed by atoms with E-state index in [1.54, 1.807) is 6.07 Å². The van der Waals surface area contributed by atoms with Crippen molar-refractivity contribution in [3.8, 4) is 0 Å². The number of nitrogens with one attached hydrogen (secondary N) is 2. The molecule has 0 bridgehead atoms. The molecule has 1 aromatic heterocycles. The third-order valence-corrected chi connectivity index (χ3v) is 3.95. The Labute approximate surface area is 145 Å². The number of amides is 1. The highest BCUT2D eigenvalue weighted by molar-refractivity contribution is 6.31. The van der Waals surface area contributed by atoms with Gasteiger partial charge in [-0.25, -0.2) is 4.98 Å². The van der Waals surface area contributed by atoms with Crippen LogP contribution in [0.2, 0.25) is 5.02 Å². The normalized spacial score (nSPS) is 11.2. The number of carbonyl (C=O) groups is 1. The predicted octanol–water partition coefficient (Wildman–Crippen LogP) is 2.09. The molecule has 1 heterocycles. The molecule has 1 amide bonds. The van der Waals surface area contributed by atoms with Gasteiger partial charge in [-0.3, -0.25) is 4.79 Å². The van der Waals surface area contributed by atoms with E-state index in [2.05, 4.69) is 20.6 Å². The molecule has 0 unspecified atom stereocenters. The number of aromatic nitrogens is 2. The molecule has 1 aromatic carbocycles. The Hall–Kier alpha value is -2.38. The van der Waals surface area contributed by atoms with E-state index in [0.29, 0.717) is 10.7 Å². The standard InChI is InChI=1S/C16H20ClN5O2/c1-16(2,8-23)11-5-4-9(6-12(11)17)21-15-20-7-10(13(18)22-15)14(24)19-3/h4-7,23H,8H2,1-3H3,(H,19,24)(H3,18,20,21,22). The van der Waals surface area contributed by atoms with Gasteiger partial charge in [0.15, 0.2) is 0 Å². The van der Waals surface area contributed by atoms with Gasteiger partial charge in [0.05, 0.1) is 12.2 Å². The lowest BCUT2D eigenvalue weighted by Gasteiger charge is -2.24. The number of nitrogens with zero attached hydrogens (tertiary/aromatic N) is 2. The number of nitrogens with two attached hydrogens (primary N) is 1. The molecule has 0 aliphatic carbocycles. The van der Waals surface area contributed by atoms with Crippen LogP contribution in [-0.4, -0.2) is 34.6 Å². The van der Waals surface area contributed by atoms with Gasteiger partial charge in [-0.2, -0.15) is 4.98 Å². The van der Waals surface area contributed by atoms with E-state index in [4.69, 9.17) is 17.3 Å². The van der Waals surface area contributed by atoms with Crippen LogP contribution in [0.1, 0.15) is 29.8 Å². The van der Waals surface area contributed by atoms with Crippen molar-refractivity contribution in [2.24, 2.45) is 0 Å². The van der Waals surface area contributed by atoms with Crippen molar-refractivity contribution in [2.45, 2.75) is 19.3 Å². The minimum atomic E-state index is -0.439. The Morgan fingerprint density at radius 2 is 2.12 bits per heavy atom. The smallest absolute Gasteiger partial charge is 0.256 e. The second-order valence-corrected chi connectivity index (χ2v) is 6.34. The number of rotatable bonds is 5. The summed E-state index contributed by atoms with van der Waals surface area (Å²) in [4.78, 5) is 19.7. The summed E-state index contributed by atoms with van der Waals surface area (Å²) in [5.74, 6) is -0.0148. The number of hydrogen-bond donors (Lipinski definition) is 4. The van der Waals surface area contributed by atoms with E-state index in [1.165, 1.54) is 13.2 Å². The SMILES string of the molecule is CNC(=O)c1cnc(Nc2ccc(C(C)(C)CO)c(Cl)c2)nc1N. The number of anilines is 3. The first-order valence-corrected chi connectivity index (χ1v) is 7.69. The van der Waals surface area contributed by atoms with Crippen molar-refractivity contribution >= 4 is 35.0 Å². The van der Waals surface area contributed by atoms with Gasteiger partial charge in [0.1, 0.15) is 5.82 Å². The Bertz CT molecular complexity index is 764. The van der Waals surface area contributed by atoms with Crippen LogP contribution in [0, 0.1) is 0 Å².